The number of carbonyl (C=O) groups is 1. The minimum Gasteiger partial charge on any atom is -0.344 e. The summed E-state index contributed by atoms with van der Waals surface area (Å²) < 4.78 is 2.71. The average molecular weight is 380 g/mol. The van der Waals surface area contributed by atoms with Crippen LogP contribution in [0.3, 0.4) is 0 Å². The van der Waals surface area contributed by atoms with E-state index in [1.807, 2.05) is 24.6 Å². The number of benzene rings is 1. The second kappa shape index (κ2) is 6.95. The molecular formula is C16H18BrN3O3. The van der Waals surface area contributed by atoms with Crippen molar-refractivity contribution in [2.24, 2.45) is 0 Å². The van der Waals surface area contributed by atoms with E-state index < -0.39 is 4.92 Å². The first kappa shape index (κ1) is 17.2. The fourth-order valence-corrected chi connectivity index (χ4v) is 2.75. The summed E-state index contributed by atoms with van der Waals surface area (Å²) in [6.07, 6.45) is 1.86. The van der Waals surface area contributed by atoms with Crippen LogP contribution in [0.25, 0.3) is 0 Å². The van der Waals surface area contributed by atoms with Gasteiger partial charge in [0, 0.05) is 28.8 Å². The molecular weight excluding hydrogens is 362 g/mol. The molecule has 1 amide bonds. The number of rotatable bonds is 5. The molecule has 0 radical (unpaired) electrons. The van der Waals surface area contributed by atoms with E-state index in [1.54, 1.807) is 25.1 Å². The van der Waals surface area contributed by atoms with Gasteiger partial charge < -0.3 is 9.88 Å². The van der Waals surface area contributed by atoms with Crippen LogP contribution in [-0.2, 0) is 0 Å². The Bertz CT molecular complexity index is 740. The number of aromatic nitrogens is 1. The molecule has 122 valence electrons. The smallest absolute Gasteiger partial charge is 0.269 e. The number of nitrogens with one attached hydrogen (secondary N) is 1. The molecule has 2 rings (SSSR count). The van der Waals surface area contributed by atoms with Crippen molar-refractivity contribution in [2.45, 2.75) is 32.9 Å². The van der Waals surface area contributed by atoms with Crippen LogP contribution in [0.4, 0.5) is 5.69 Å². The highest BCUT2D eigenvalue weighted by Gasteiger charge is 2.18. The Morgan fingerprint density at radius 1 is 1.30 bits per heavy atom. The molecule has 0 saturated heterocycles. The Labute approximate surface area is 142 Å². The molecule has 23 heavy (non-hydrogen) atoms. The lowest BCUT2D eigenvalue weighted by molar-refractivity contribution is -0.384. The predicted octanol–water partition coefficient (Wildman–Crippen LogP) is 4.23. The molecule has 1 N–H and O–H groups in total. The number of nitrogens with zero attached hydrogens (tertiary/aromatic N) is 2. The van der Waals surface area contributed by atoms with Crippen LogP contribution in [-0.4, -0.2) is 15.4 Å². The Balaban J connectivity index is 2.20. The van der Waals surface area contributed by atoms with Crippen molar-refractivity contribution in [2.75, 3.05) is 0 Å². The van der Waals surface area contributed by atoms with Gasteiger partial charge in [0.1, 0.15) is 5.69 Å². The SMILES string of the molecule is CC(NC(=O)c1cc(Br)cn1C(C)C)c1cccc([N+](=O)[O-])c1. The van der Waals surface area contributed by atoms with Gasteiger partial charge >= 0.3 is 0 Å². The number of hydrogen-bond acceptors (Lipinski definition) is 3. The third-order valence-electron chi connectivity index (χ3n) is 3.53. The second-order valence-corrected chi connectivity index (χ2v) is 6.51. The fraction of sp³-hybridized carbons (Fsp3) is 0.312. The molecule has 7 heteroatoms. The van der Waals surface area contributed by atoms with Crippen LogP contribution < -0.4 is 5.32 Å². The lowest BCUT2D eigenvalue weighted by Crippen LogP contribution is -2.29. The molecule has 0 spiro atoms. The molecule has 1 aromatic heterocycles. The van der Waals surface area contributed by atoms with Crippen molar-refractivity contribution < 1.29 is 9.72 Å². The molecule has 6 nitrogen and oxygen atoms in total. The molecule has 1 atom stereocenters. The number of carbonyl (C=O) groups excluding carboxylic acids is 1. The van der Waals surface area contributed by atoms with E-state index in [4.69, 9.17) is 0 Å². The number of hydrogen-bond donors (Lipinski definition) is 1. The highest BCUT2D eigenvalue weighted by molar-refractivity contribution is 9.10. The van der Waals surface area contributed by atoms with Gasteiger partial charge in [-0.1, -0.05) is 12.1 Å². The molecule has 2 aromatic rings. The van der Waals surface area contributed by atoms with Gasteiger partial charge in [-0.2, -0.15) is 0 Å². The van der Waals surface area contributed by atoms with E-state index in [0.717, 1.165) is 4.47 Å². The summed E-state index contributed by atoms with van der Waals surface area (Å²) in [7, 11) is 0. The van der Waals surface area contributed by atoms with Crippen molar-refractivity contribution in [1.82, 2.24) is 9.88 Å². The average Bonchev–Trinajstić information content (AvgIpc) is 2.89. The topological polar surface area (TPSA) is 77.2 Å². The van der Waals surface area contributed by atoms with Gasteiger partial charge in [-0.05, 0) is 48.3 Å². The van der Waals surface area contributed by atoms with E-state index in [0.29, 0.717) is 11.3 Å². The highest BCUT2D eigenvalue weighted by atomic mass is 79.9. The van der Waals surface area contributed by atoms with Crippen LogP contribution in [0, 0.1) is 10.1 Å². The van der Waals surface area contributed by atoms with Crippen molar-refractivity contribution in [1.29, 1.82) is 0 Å². The minimum absolute atomic E-state index is 0.0110. The van der Waals surface area contributed by atoms with Crippen molar-refractivity contribution in [3.05, 3.63) is 62.4 Å². The summed E-state index contributed by atoms with van der Waals surface area (Å²) in [5.41, 5.74) is 1.25. The maximum Gasteiger partial charge on any atom is 0.269 e. The first-order valence-electron chi connectivity index (χ1n) is 7.22. The monoisotopic (exact) mass is 379 g/mol. The summed E-state index contributed by atoms with van der Waals surface area (Å²) in [5, 5.41) is 13.7. The van der Waals surface area contributed by atoms with Gasteiger partial charge in [0.05, 0.1) is 11.0 Å². The predicted molar refractivity (Wildman–Crippen MR) is 91.5 cm³/mol. The highest BCUT2D eigenvalue weighted by Crippen LogP contribution is 2.22. The normalized spacial score (nSPS) is 12.2. The maximum absolute atomic E-state index is 12.5. The Hall–Kier alpha value is -2.15. The van der Waals surface area contributed by atoms with Crippen LogP contribution in [0.15, 0.2) is 41.0 Å². The Morgan fingerprint density at radius 3 is 2.61 bits per heavy atom. The molecule has 0 fully saturated rings. The zero-order chi connectivity index (χ0) is 17.1. The number of nitro groups is 1. The van der Waals surface area contributed by atoms with Crippen LogP contribution in [0.2, 0.25) is 0 Å². The second-order valence-electron chi connectivity index (χ2n) is 5.59. The van der Waals surface area contributed by atoms with E-state index in [-0.39, 0.29) is 23.7 Å². The lowest BCUT2D eigenvalue weighted by Gasteiger charge is -2.17. The van der Waals surface area contributed by atoms with Gasteiger partial charge in [-0.15, -0.1) is 0 Å². The van der Waals surface area contributed by atoms with E-state index in [9.17, 15) is 14.9 Å². The summed E-state index contributed by atoms with van der Waals surface area (Å²) in [6.45, 7) is 5.79. The largest absolute Gasteiger partial charge is 0.344 e. The van der Waals surface area contributed by atoms with Gasteiger partial charge in [-0.3, -0.25) is 14.9 Å². The molecule has 1 aromatic carbocycles. The van der Waals surface area contributed by atoms with Crippen molar-refractivity contribution in [3.8, 4) is 0 Å². The minimum atomic E-state index is -0.445. The molecule has 1 heterocycles. The van der Waals surface area contributed by atoms with E-state index >= 15 is 0 Å². The summed E-state index contributed by atoms with van der Waals surface area (Å²) >= 11 is 3.38. The quantitative estimate of drug-likeness (QED) is 0.623. The van der Waals surface area contributed by atoms with Crippen LogP contribution in [0.5, 0.6) is 0 Å². The van der Waals surface area contributed by atoms with Crippen molar-refractivity contribution in [3.63, 3.8) is 0 Å². The first-order valence-corrected chi connectivity index (χ1v) is 8.01. The standard InChI is InChI=1S/C16H18BrN3O3/c1-10(2)19-9-13(17)8-15(19)16(21)18-11(3)12-5-4-6-14(7-12)20(22)23/h4-11H,1-3H3,(H,18,21). The molecule has 0 aliphatic carbocycles. The Morgan fingerprint density at radius 2 is 2.00 bits per heavy atom. The third kappa shape index (κ3) is 3.98. The van der Waals surface area contributed by atoms with Crippen LogP contribution >= 0.6 is 15.9 Å². The fourth-order valence-electron chi connectivity index (χ4n) is 2.32. The van der Waals surface area contributed by atoms with Gasteiger partial charge in [0.25, 0.3) is 11.6 Å². The summed E-state index contributed by atoms with van der Waals surface area (Å²) in [4.78, 5) is 22.9. The summed E-state index contributed by atoms with van der Waals surface area (Å²) in [6, 6.07) is 7.85. The van der Waals surface area contributed by atoms with E-state index in [2.05, 4.69) is 21.2 Å². The zero-order valence-electron chi connectivity index (χ0n) is 13.1. The van der Waals surface area contributed by atoms with Crippen LogP contribution in [0.1, 0.15) is 48.9 Å². The van der Waals surface area contributed by atoms with E-state index in [1.165, 1.54) is 12.1 Å². The number of halogens is 1. The molecule has 0 bridgehead atoms. The molecule has 0 saturated carbocycles. The molecule has 1 unspecified atom stereocenters. The zero-order valence-corrected chi connectivity index (χ0v) is 14.7. The number of amides is 1. The van der Waals surface area contributed by atoms with Gasteiger partial charge in [0.15, 0.2) is 0 Å². The molecule has 0 aliphatic rings. The lowest BCUT2D eigenvalue weighted by atomic mass is 10.1. The first-order chi connectivity index (χ1) is 10.8. The van der Waals surface area contributed by atoms with Crippen molar-refractivity contribution >= 4 is 27.5 Å². The van der Waals surface area contributed by atoms with Gasteiger partial charge in [0.2, 0.25) is 0 Å². The molecule has 0 aliphatic heterocycles. The number of non-ortho nitro benzene ring substituents is 1. The third-order valence-corrected chi connectivity index (χ3v) is 3.97. The van der Waals surface area contributed by atoms with Gasteiger partial charge in [-0.25, -0.2) is 0 Å². The number of nitro benzene ring substituents is 1. The maximum atomic E-state index is 12.5. The Kier molecular flexibility index (Phi) is 5.20. The summed E-state index contributed by atoms with van der Waals surface area (Å²) in [5.74, 6) is -0.219.